The molecule has 0 aliphatic rings. The average Bonchev–Trinajstić information content (AvgIpc) is 2.37. The first-order valence-corrected chi connectivity index (χ1v) is 8.01. The number of ether oxygens (including phenoxy) is 1. The summed E-state index contributed by atoms with van der Waals surface area (Å²) in [6.45, 7) is 3.64. The van der Waals surface area contributed by atoms with Gasteiger partial charge in [0.15, 0.2) is 0 Å². The second-order valence-corrected chi connectivity index (χ2v) is 6.34. The summed E-state index contributed by atoms with van der Waals surface area (Å²) in [5.41, 5.74) is 6.24. The van der Waals surface area contributed by atoms with E-state index in [0.29, 0.717) is 0 Å². The van der Waals surface area contributed by atoms with Gasteiger partial charge in [0.1, 0.15) is 0 Å². The second-order valence-electron chi connectivity index (χ2n) is 4.67. The lowest BCUT2D eigenvalue weighted by Crippen LogP contribution is -2.45. The van der Waals surface area contributed by atoms with E-state index in [1.807, 2.05) is 22.9 Å². The number of nitrogens with zero attached hydrogens (tertiary/aromatic N) is 1. The molecule has 7 nitrogen and oxygen atoms in total. The molecule has 0 radical (unpaired) electrons. The molecule has 1 amide bonds. The van der Waals surface area contributed by atoms with Crippen LogP contribution in [0, 0.1) is 0 Å². The van der Waals surface area contributed by atoms with Crippen molar-refractivity contribution in [2.75, 3.05) is 13.1 Å². The first-order valence-electron chi connectivity index (χ1n) is 6.57. The number of carbonyl (C=O) groups is 1. The summed E-state index contributed by atoms with van der Waals surface area (Å²) in [4.78, 5) is 11.5. The SMILES string of the molecule is CC(C)OC(=O)NS(=O)(=O)N(CCN)Cc1ccccc1. The van der Waals surface area contributed by atoms with Crippen molar-refractivity contribution < 1.29 is 17.9 Å². The van der Waals surface area contributed by atoms with E-state index in [2.05, 4.69) is 0 Å². The summed E-state index contributed by atoms with van der Waals surface area (Å²) < 4.78 is 32.1. The van der Waals surface area contributed by atoms with Crippen molar-refractivity contribution in [2.45, 2.75) is 26.5 Å². The normalized spacial score (nSPS) is 11.7. The lowest BCUT2D eigenvalue weighted by atomic mass is 10.2. The fourth-order valence-electron chi connectivity index (χ4n) is 1.62. The molecule has 1 aromatic rings. The zero-order valence-corrected chi connectivity index (χ0v) is 13.0. The minimum atomic E-state index is -4.00. The zero-order chi connectivity index (χ0) is 15.9. The number of carbonyl (C=O) groups excluding carboxylic acids is 1. The van der Waals surface area contributed by atoms with Crippen LogP contribution in [0.15, 0.2) is 30.3 Å². The van der Waals surface area contributed by atoms with Crippen molar-refractivity contribution >= 4 is 16.3 Å². The topological polar surface area (TPSA) is 102 Å². The highest BCUT2D eigenvalue weighted by atomic mass is 32.2. The largest absolute Gasteiger partial charge is 0.446 e. The number of nitrogens with one attached hydrogen (secondary N) is 1. The molecule has 0 unspecified atom stereocenters. The minimum Gasteiger partial charge on any atom is -0.446 e. The number of rotatable bonds is 7. The highest BCUT2D eigenvalue weighted by Crippen LogP contribution is 2.08. The van der Waals surface area contributed by atoms with Crippen LogP contribution in [0.4, 0.5) is 4.79 Å². The van der Waals surface area contributed by atoms with Crippen molar-refractivity contribution in [3.05, 3.63) is 35.9 Å². The molecule has 118 valence electrons. The minimum absolute atomic E-state index is 0.0964. The third kappa shape index (κ3) is 6.11. The molecule has 0 bridgehead atoms. The van der Waals surface area contributed by atoms with Crippen LogP contribution in [-0.2, 0) is 21.5 Å². The van der Waals surface area contributed by atoms with Gasteiger partial charge in [-0.15, -0.1) is 0 Å². The molecule has 0 heterocycles. The van der Waals surface area contributed by atoms with E-state index < -0.39 is 22.4 Å². The Morgan fingerprint density at radius 2 is 1.95 bits per heavy atom. The summed E-state index contributed by atoms with van der Waals surface area (Å²) >= 11 is 0. The van der Waals surface area contributed by atoms with E-state index in [4.69, 9.17) is 10.5 Å². The number of benzene rings is 1. The Labute approximate surface area is 125 Å². The lowest BCUT2D eigenvalue weighted by Gasteiger charge is -2.22. The maximum atomic E-state index is 12.2. The van der Waals surface area contributed by atoms with E-state index in [1.165, 1.54) is 0 Å². The number of hydrogen-bond acceptors (Lipinski definition) is 5. The fraction of sp³-hybridized carbons (Fsp3) is 0.462. The van der Waals surface area contributed by atoms with Crippen LogP contribution >= 0.6 is 0 Å². The van der Waals surface area contributed by atoms with Crippen LogP contribution < -0.4 is 10.5 Å². The number of hydrogen-bond donors (Lipinski definition) is 2. The predicted molar refractivity (Wildman–Crippen MR) is 79.6 cm³/mol. The first kappa shape index (κ1) is 17.4. The smallest absolute Gasteiger partial charge is 0.422 e. The molecule has 0 aliphatic carbocycles. The van der Waals surface area contributed by atoms with Crippen LogP contribution in [0.1, 0.15) is 19.4 Å². The number of nitrogens with two attached hydrogens (primary N) is 1. The van der Waals surface area contributed by atoms with Crippen molar-refractivity contribution in [1.29, 1.82) is 0 Å². The third-order valence-electron chi connectivity index (χ3n) is 2.48. The molecular weight excluding hydrogens is 294 g/mol. The predicted octanol–water partition coefficient (Wildman–Crippen LogP) is 0.827. The molecule has 1 rings (SSSR count). The van der Waals surface area contributed by atoms with Gasteiger partial charge in [-0.05, 0) is 19.4 Å². The van der Waals surface area contributed by atoms with Gasteiger partial charge >= 0.3 is 16.3 Å². The van der Waals surface area contributed by atoms with Gasteiger partial charge in [-0.25, -0.2) is 9.52 Å². The van der Waals surface area contributed by atoms with Crippen LogP contribution in [-0.4, -0.2) is 38.0 Å². The molecule has 8 heteroatoms. The van der Waals surface area contributed by atoms with Gasteiger partial charge in [0.25, 0.3) is 0 Å². The quantitative estimate of drug-likeness (QED) is 0.776. The Hall–Kier alpha value is -1.64. The van der Waals surface area contributed by atoms with E-state index in [9.17, 15) is 13.2 Å². The summed E-state index contributed by atoms with van der Waals surface area (Å²) in [5.74, 6) is 0. The molecule has 0 aliphatic heterocycles. The van der Waals surface area contributed by atoms with Crippen LogP contribution in [0.3, 0.4) is 0 Å². The van der Waals surface area contributed by atoms with Gasteiger partial charge in [0.2, 0.25) is 0 Å². The van der Waals surface area contributed by atoms with Gasteiger partial charge in [0, 0.05) is 19.6 Å². The van der Waals surface area contributed by atoms with Crippen LogP contribution in [0.2, 0.25) is 0 Å². The van der Waals surface area contributed by atoms with Crippen LogP contribution in [0.25, 0.3) is 0 Å². The molecule has 0 aromatic heterocycles. The second kappa shape index (κ2) is 7.96. The molecule has 21 heavy (non-hydrogen) atoms. The number of amides is 1. The third-order valence-corrected chi connectivity index (χ3v) is 3.89. The summed E-state index contributed by atoms with van der Waals surface area (Å²) in [6.07, 6.45) is -1.41. The van der Waals surface area contributed by atoms with Gasteiger partial charge in [0.05, 0.1) is 6.10 Å². The molecule has 0 saturated heterocycles. The molecule has 1 aromatic carbocycles. The van der Waals surface area contributed by atoms with Crippen LogP contribution in [0.5, 0.6) is 0 Å². The molecule has 0 atom stereocenters. The molecule has 0 saturated carbocycles. The summed E-state index contributed by atoms with van der Waals surface area (Å²) in [5, 5.41) is 0. The highest BCUT2D eigenvalue weighted by Gasteiger charge is 2.24. The van der Waals surface area contributed by atoms with Gasteiger partial charge in [-0.2, -0.15) is 12.7 Å². The van der Waals surface area contributed by atoms with Crippen molar-refractivity contribution in [2.24, 2.45) is 5.73 Å². The van der Waals surface area contributed by atoms with E-state index in [-0.39, 0.29) is 19.6 Å². The Morgan fingerprint density at radius 3 is 2.48 bits per heavy atom. The van der Waals surface area contributed by atoms with Gasteiger partial charge in [-0.1, -0.05) is 30.3 Å². The summed E-state index contributed by atoms with van der Waals surface area (Å²) in [7, 11) is -4.00. The molecule has 0 spiro atoms. The van der Waals surface area contributed by atoms with Gasteiger partial charge in [-0.3, -0.25) is 0 Å². The zero-order valence-electron chi connectivity index (χ0n) is 12.2. The Bertz CT molecular complexity index is 546. The Kier molecular flexibility index (Phi) is 6.60. The van der Waals surface area contributed by atoms with Gasteiger partial charge < -0.3 is 10.5 Å². The monoisotopic (exact) mass is 315 g/mol. The van der Waals surface area contributed by atoms with Crippen molar-refractivity contribution in [1.82, 2.24) is 9.03 Å². The highest BCUT2D eigenvalue weighted by molar-refractivity contribution is 7.87. The Balaban J connectivity index is 2.80. The van der Waals surface area contributed by atoms with Crippen molar-refractivity contribution in [3.63, 3.8) is 0 Å². The fourth-order valence-corrected chi connectivity index (χ4v) is 2.68. The Morgan fingerprint density at radius 1 is 1.33 bits per heavy atom. The van der Waals surface area contributed by atoms with E-state index >= 15 is 0 Å². The van der Waals surface area contributed by atoms with E-state index in [1.54, 1.807) is 26.0 Å². The standard InChI is InChI=1S/C13H21N3O4S/c1-11(2)20-13(17)15-21(18,19)16(9-8-14)10-12-6-4-3-5-7-12/h3-7,11H,8-10,14H2,1-2H3,(H,15,17). The summed E-state index contributed by atoms with van der Waals surface area (Å²) in [6, 6.07) is 9.05. The van der Waals surface area contributed by atoms with Crippen molar-refractivity contribution in [3.8, 4) is 0 Å². The van der Waals surface area contributed by atoms with E-state index in [0.717, 1.165) is 9.87 Å². The average molecular weight is 315 g/mol. The maximum Gasteiger partial charge on any atom is 0.422 e. The molecule has 0 fully saturated rings. The molecular formula is C13H21N3O4S. The first-order chi connectivity index (χ1) is 9.85. The maximum absolute atomic E-state index is 12.2. The lowest BCUT2D eigenvalue weighted by molar-refractivity contribution is 0.121. The molecule has 3 N–H and O–H groups in total.